The molecule has 2 aromatic heterocycles. The second-order valence-electron chi connectivity index (χ2n) is 7.69. The van der Waals surface area contributed by atoms with Crippen LogP contribution in [0.5, 0.6) is 5.75 Å². The molecule has 37 heavy (non-hydrogen) atoms. The monoisotopic (exact) mass is 528 g/mol. The summed E-state index contributed by atoms with van der Waals surface area (Å²) in [6.07, 6.45) is -0.163. The molecule has 0 aliphatic carbocycles. The van der Waals surface area contributed by atoms with Gasteiger partial charge in [-0.25, -0.2) is 13.8 Å². The van der Waals surface area contributed by atoms with E-state index >= 15 is 0 Å². The standard InChI is InChI=1S/C24H21ClF2N6O2.C2H6/c25-24(29)33-10-1-2-11-35-19-9-7-14(15-6-8-17(21(26)27)30-13-15)12-16(19)23(34)32-20-5-3-4-18(31-20)22(33)28;1-2/h3-9,12-13,21,28-29H,1-2,10-11H2,(H,31,32,34);1-2H3. The highest BCUT2D eigenvalue weighted by atomic mass is 35.5. The van der Waals surface area contributed by atoms with Crippen LogP contribution in [0.15, 0.2) is 54.7 Å². The lowest BCUT2D eigenvalue weighted by molar-refractivity contribution is 0.102. The number of anilines is 1. The van der Waals surface area contributed by atoms with E-state index in [1.807, 2.05) is 13.8 Å². The third kappa shape index (κ3) is 6.85. The molecule has 1 aliphatic heterocycles. The van der Waals surface area contributed by atoms with E-state index in [9.17, 15) is 13.6 Å². The van der Waals surface area contributed by atoms with Crippen molar-refractivity contribution in [1.29, 1.82) is 10.8 Å². The molecule has 1 aromatic carbocycles. The van der Waals surface area contributed by atoms with Crippen molar-refractivity contribution < 1.29 is 18.3 Å². The molecule has 0 atom stereocenters. The molecule has 8 nitrogen and oxygen atoms in total. The lowest BCUT2D eigenvalue weighted by atomic mass is 10.0. The highest BCUT2D eigenvalue weighted by Gasteiger charge is 2.20. The quantitative estimate of drug-likeness (QED) is 0.204. The van der Waals surface area contributed by atoms with Crippen molar-refractivity contribution >= 4 is 34.5 Å². The van der Waals surface area contributed by atoms with Gasteiger partial charge in [0.2, 0.25) is 0 Å². The van der Waals surface area contributed by atoms with E-state index in [1.54, 1.807) is 36.4 Å². The summed E-state index contributed by atoms with van der Waals surface area (Å²) in [7, 11) is 0. The number of amides is 1. The topological polar surface area (TPSA) is 115 Å². The van der Waals surface area contributed by atoms with E-state index in [2.05, 4.69) is 15.3 Å². The Labute approximate surface area is 218 Å². The predicted octanol–water partition coefficient (Wildman–Crippen LogP) is 6.33. The largest absolute Gasteiger partial charge is 0.493 e. The van der Waals surface area contributed by atoms with Crippen LogP contribution in [0.25, 0.3) is 11.1 Å². The highest BCUT2D eigenvalue weighted by molar-refractivity contribution is 6.65. The molecule has 194 valence electrons. The lowest BCUT2D eigenvalue weighted by Crippen LogP contribution is -2.35. The number of carbonyl (C=O) groups excluding carboxylic acids is 1. The molecule has 0 saturated heterocycles. The number of nitrogens with one attached hydrogen (secondary N) is 3. The molecule has 0 spiro atoms. The number of hydrogen-bond donors (Lipinski definition) is 3. The fraction of sp³-hybridized carbons (Fsp3) is 0.269. The van der Waals surface area contributed by atoms with Crippen LogP contribution in [0.2, 0.25) is 0 Å². The first-order chi connectivity index (χ1) is 17.8. The number of pyridine rings is 2. The summed E-state index contributed by atoms with van der Waals surface area (Å²) >= 11 is 5.89. The molecule has 0 fully saturated rings. The molecule has 4 rings (SSSR count). The third-order valence-corrected chi connectivity index (χ3v) is 5.55. The molecule has 0 radical (unpaired) electrons. The second-order valence-corrected chi connectivity index (χ2v) is 8.05. The average Bonchev–Trinajstić information content (AvgIpc) is 2.91. The van der Waals surface area contributed by atoms with E-state index in [0.717, 1.165) is 0 Å². The maximum atomic E-state index is 13.2. The fourth-order valence-electron chi connectivity index (χ4n) is 3.54. The lowest BCUT2D eigenvalue weighted by Gasteiger charge is -2.22. The van der Waals surface area contributed by atoms with Crippen molar-refractivity contribution in [1.82, 2.24) is 14.9 Å². The summed E-state index contributed by atoms with van der Waals surface area (Å²) in [5.41, 5.74) is 1.34. The van der Waals surface area contributed by atoms with Gasteiger partial charge >= 0.3 is 0 Å². The number of alkyl halides is 2. The molecule has 1 amide bonds. The Hall–Kier alpha value is -3.92. The van der Waals surface area contributed by atoms with E-state index in [0.29, 0.717) is 42.9 Å². The maximum absolute atomic E-state index is 13.2. The number of amidine groups is 2. The minimum atomic E-state index is -2.67. The number of halogens is 3. The molecule has 11 heteroatoms. The molecule has 3 N–H and O–H groups in total. The minimum absolute atomic E-state index is 0.0542. The predicted molar refractivity (Wildman–Crippen MR) is 140 cm³/mol. The van der Waals surface area contributed by atoms with Gasteiger partial charge < -0.3 is 15.0 Å². The zero-order valence-electron chi connectivity index (χ0n) is 20.4. The number of benzene rings is 1. The summed E-state index contributed by atoms with van der Waals surface area (Å²) in [5, 5.41) is 18.6. The SMILES string of the molecule is CC.N=C(Cl)N1CCCCOc2ccc(-c3ccc(C(F)F)nc3)cc2C(=O)Nc2cccc(n2)C1=N. The van der Waals surface area contributed by atoms with Crippen LogP contribution in [-0.4, -0.2) is 45.1 Å². The number of nitrogens with zero attached hydrogens (tertiary/aromatic N) is 3. The molecule has 3 heterocycles. The van der Waals surface area contributed by atoms with Crippen molar-refractivity contribution in [3.05, 3.63) is 71.7 Å². The van der Waals surface area contributed by atoms with Crippen LogP contribution in [0.3, 0.4) is 0 Å². The van der Waals surface area contributed by atoms with Crippen LogP contribution in [0, 0.1) is 10.8 Å². The number of hydrogen-bond acceptors (Lipinski definition) is 6. The van der Waals surface area contributed by atoms with Crippen LogP contribution < -0.4 is 10.1 Å². The number of aromatic nitrogens is 2. The summed E-state index contributed by atoms with van der Waals surface area (Å²) in [6.45, 7) is 4.63. The molecule has 1 aliphatic rings. The average molecular weight is 529 g/mol. The Bertz CT molecular complexity index is 1270. The second kappa shape index (κ2) is 12.9. The fourth-order valence-corrected chi connectivity index (χ4v) is 3.71. The van der Waals surface area contributed by atoms with Gasteiger partial charge in [0.25, 0.3) is 12.3 Å². The first-order valence-corrected chi connectivity index (χ1v) is 12.1. The zero-order valence-corrected chi connectivity index (χ0v) is 21.1. The first-order valence-electron chi connectivity index (χ1n) is 11.7. The smallest absolute Gasteiger partial charge is 0.280 e. The van der Waals surface area contributed by atoms with E-state index in [4.69, 9.17) is 27.2 Å². The van der Waals surface area contributed by atoms with E-state index in [-0.39, 0.29) is 33.9 Å². The summed E-state index contributed by atoms with van der Waals surface area (Å²) in [5.74, 6) is 0.0108. The maximum Gasteiger partial charge on any atom is 0.280 e. The number of ether oxygens (including phenoxy) is 1. The Morgan fingerprint density at radius 2 is 1.89 bits per heavy atom. The molecule has 0 unspecified atom stereocenters. The van der Waals surface area contributed by atoms with Crippen molar-refractivity contribution in [3.63, 3.8) is 0 Å². The van der Waals surface area contributed by atoms with Crippen LogP contribution in [0.4, 0.5) is 14.6 Å². The van der Waals surface area contributed by atoms with Crippen LogP contribution in [-0.2, 0) is 0 Å². The van der Waals surface area contributed by atoms with Crippen molar-refractivity contribution in [2.45, 2.75) is 33.1 Å². The summed E-state index contributed by atoms with van der Waals surface area (Å²) in [6, 6.07) is 12.6. The number of fused-ring (bicyclic) bond motifs is 3. The van der Waals surface area contributed by atoms with Crippen molar-refractivity contribution in [2.75, 3.05) is 18.5 Å². The normalized spacial score (nSPS) is 13.9. The number of carbonyl (C=O) groups is 1. The van der Waals surface area contributed by atoms with Gasteiger partial charge in [0, 0.05) is 18.3 Å². The van der Waals surface area contributed by atoms with Crippen molar-refractivity contribution in [2.24, 2.45) is 0 Å². The third-order valence-electron chi connectivity index (χ3n) is 5.34. The highest BCUT2D eigenvalue weighted by Crippen LogP contribution is 2.29. The van der Waals surface area contributed by atoms with Gasteiger partial charge in [-0.1, -0.05) is 32.0 Å². The Balaban J connectivity index is 0.00000186. The minimum Gasteiger partial charge on any atom is -0.493 e. The van der Waals surface area contributed by atoms with Gasteiger partial charge in [-0.2, -0.15) is 0 Å². The van der Waals surface area contributed by atoms with E-state index in [1.165, 1.54) is 23.2 Å². The van der Waals surface area contributed by atoms with Gasteiger partial charge in [0.05, 0.1) is 12.2 Å². The molecule has 0 saturated carbocycles. The van der Waals surface area contributed by atoms with Crippen LogP contribution in [0.1, 0.15) is 54.9 Å². The molecule has 3 aromatic rings. The van der Waals surface area contributed by atoms with Gasteiger partial charge in [-0.3, -0.25) is 20.6 Å². The first kappa shape index (κ1) is 27.7. The van der Waals surface area contributed by atoms with Gasteiger partial charge in [0.15, 0.2) is 11.1 Å². The van der Waals surface area contributed by atoms with Crippen molar-refractivity contribution in [3.8, 4) is 16.9 Å². The van der Waals surface area contributed by atoms with Gasteiger partial charge in [-0.15, -0.1) is 0 Å². The van der Waals surface area contributed by atoms with Crippen LogP contribution >= 0.6 is 11.6 Å². The Morgan fingerprint density at radius 1 is 1.14 bits per heavy atom. The van der Waals surface area contributed by atoms with E-state index < -0.39 is 12.3 Å². The molecular formula is C26H27ClF2N6O2. The Morgan fingerprint density at radius 3 is 2.57 bits per heavy atom. The summed E-state index contributed by atoms with van der Waals surface area (Å²) in [4.78, 5) is 22.6. The molecule has 2 bridgehead atoms. The molecular weight excluding hydrogens is 502 g/mol. The zero-order chi connectivity index (χ0) is 26.9. The Kier molecular flexibility index (Phi) is 9.62. The summed E-state index contributed by atoms with van der Waals surface area (Å²) < 4.78 is 31.6. The van der Waals surface area contributed by atoms with Gasteiger partial charge in [-0.05, 0) is 60.3 Å². The number of rotatable bonds is 2. The van der Waals surface area contributed by atoms with Gasteiger partial charge in [0.1, 0.15) is 23.0 Å².